The minimum absolute atomic E-state index is 0.0406. The van der Waals surface area contributed by atoms with E-state index in [2.05, 4.69) is 33.0 Å². The predicted molar refractivity (Wildman–Crippen MR) is 85.4 cm³/mol. The minimum atomic E-state index is -0.507. The third-order valence-corrected chi connectivity index (χ3v) is 4.28. The Morgan fingerprint density at radius 2 is 1.90 bits per heavy atom. The summed E-state index contributed by atoms with van der Waals surface area (Å²) < 4.78 is 27.0. The summed E-state index contributed by atoms with van der Waals surface area (Å²) in [5, 5.41) is 3.50. The fraction of sp³-hybridized carbons (Fsp3) is 0.667. The number of rotatable bonds is 9. The zero-order valence-electron chi connectivity index (χ0n) is 13.8. The first-order chi connectivity index (χ1) is 9.92. The SMILES string of the molecule is CCCCC(CC)(CNC(C)C)Cc1ccc(F)cc1F. The first kappa shape index (κ1) is 18.1. The van der Waals surface area contributed by atoms with E-state index in [1.807, 2.05) is 0 Å². The number of unbranched alkanes of at least 4 members (excludes halogenated alkanes) is 1. The zero-order valence-corrected chi connectivity index (χ0v) is 13.8. The Morgan fingerprint density at radius 1 is 1.19 bits per heavy atom. The summed E-state index contributed by atoms with van der Waals surface area (Å²) in [5.74, 6) is -0.930. The van der Waals surface area contributed by atoms with Crippen LogP contribution in [0.3, 0.4) is 0 Å². The molecule has 1 aromatic rings. The highest BCUT2D eigenvalue weighted by Gasteiger charge is 2.29. The summed E-state index contributed by atoms with van der Waals surface area (Å²) >= 11 is 0. The van der Waals surface area contributed by atoms with Crippen LogP contribution in [0.1, 0.15) is 58.9 Å². The van der Waals surface area contributed by atoms with Gasteiger partial charge in [0, 0.05) is 18.7 Å². The second-order valence-electron chi connectivity index (χ2n) is 6.41. The van der Waals surface area contributed by atoms with Crippen LogP contribution >= 0.6 is 0 Å². The molecule has 0 aliphatic heterocycles. The maximum Gasteiger partial charge on any atom is 0.129 e. The van der Waals surface area contributed by atoms with Crippen LogP contribution in [0.5, 0.6) is 0 Å². The Morgan fingerprint density at radius 3 is 2.43 bits per heavy atom. The Balaban J connectivity index is 2.92. The van der Waals surface area contributed by atoms with Crippen LogP contribution in [0.4, 0.5) is 8.78 Å². The summed E-state index contributed by atoms with van der Waals surface area (Å²) in [5.41, 5.74) is 0.666. The quantitative estimate of drug-likeness (QED) is 0.669. The number of benzene rings is 1. The second-order valence-corrected chi connectivity index (χ2v) is 6.41. The lowest BCUT2D eigenvalue weighted by atomic mass is 9.75. The number of hydrogen-bond donors (Lipinski definition) is 1. The molecule has 1 aromatic carbocycles. The van der Waals surface area contributed by atoms with Gasteiger partial charge in [0.1, 0.15) is 11.6 Å². The van der Waals surface area contributed by atoms with Crippen molar-refractivity contribution in [3.8, 4) is 0 Å². The fourth-order valence-corrected chi connectivity index (χ4v) is 2.71. The van der Waals surface area contributed by atoms with Gasteiger partial charge in [-0.05, 0) is 36.3 Å². The summed E-state index contributed by atoms with van der Waals surface area (Å²) in [4.78, 5) is 0. The Hall–Kier alpha value is -0.960. The van der Waals surface area contributed by atoms with E-state index in [1.165, 1.54) is 6.07 Å². The molecule has 1 nitrogen and oxygen atoms in total. The summed E-state index contributed by atoms with van der Waals surface area (Å²) in [7, 11) is 0. The van der Waals surface area contributed by atoms with Gasteiger partial charge in [-0.1, -0.05) is 46.6 Å². The molecule has 0 heterocycles. The van der Waals surface area contributed by atoms with Crippen LogP contribution in [-0.4, -0.2) is 12.6 Å². The van der Waals surface area contributed by atoms with Gasteiger partial charge < -0.3 is 5.32 Å². The second kappa shape index (κ2) is 8.47. The maximum absolute atomic E-state index is 14.0. The average molecular weight is 297 g/mol. The van der Waals surface area contributed by atoms with E-state index in [9.17, 15) is 8.78 Å². The molecular formula is C18H29F2N. The highest BCUT2D eigenvalue weighted by Crippen LogP contribution is 2.33. The highest BCUT2D eigenvalue weighted by atomic mass is 19.1. The van der Waals surface area contributed by atoms with Crippen LogP contribution in [0.2, 0.25) is 0 Å². The van der Waals surface area contributed by atoms with Crippen molar-refractivity contribution >= 4 is 0 Å². The maximum atomic E-state index is 14.0. The topological polar surface area (TPSA) is 12.0 Å². The molecule has 1 rings (SSSR count). The Labute approximate surface area is 128 Å². The number of nitrogens with one attached hydrogen (secondary N) is 1. The van der Waals surface area contributed by atoms with E-state index < -0.39 is 11.6 Å². The molecule has 0 spiro atoms. The molecule has 0 aliphatic carbocycles. The third-order valence-electron chi connectivity index (χ3n) is 4.28. The molecule has 0 amide bonds. The molecular weight excluding hydrogens is 268 g/mol. The molecule has 0 aliphatic rings. The van der Waals surface area contributed by atoms with Gasteiger partial charge in [0.15, 0.2) is 0 Å². The van der Waals surface area contributed by atoms with Gasteiger partial charge in [0.25, 0.3) is 0 Å². The summed E-state index contributed by atoms with van der Waals surface area (Å²) in [6.45, 7) is 9.46. The van der Waals surface area contributed by atoms with Crippen molar-refractivity contribution in [2.45, 2.75) is 65.8 Å². The van der Waals surface area contributed by atoms with Crippen LogP contribution < -0.4 is 5.32 Å². The first-order valence-corrected chi connectivity index (χ1v) is 8.09. The van der Waals surface area contributed by atoms with Crippen LogP contribution in [0.15, 0.2) is 18.2 Å². The van der Waals surface area contributed by atoms with E-state index >= 15 is 0 Å². The van der Waals surface area contributed by atoms with Gasteiger partial charge in [-0.2, -0.15) is 0 Å². The lowest BCUT2D eigenvalue weighted by molar-refractivity contribution is 0.220. The van der Waals surface area contributed by atoms with Crippen molar-refractivity contribution in [3.05, 3.63) is 35.4 Å². The average Bonchev–Trinajstić information content (AvgIpc) is 2.44. The normalized spacial score (nSPS) is 14.4. The molecule has 0 saturated heterocycles. The molecule has 0 radical (unpaired) electrons. The van der Waals surface area contributed by atoms with E-state index in [1.54, 1.807) is 6.07 Å². The van der Waals surface area contributed by atoms with Gasteiger partial charge in [-0.25, -0.2) is 8.78 Å². The molecule has 1 N–H and O–H groups in total. The molecule has 1 unspecified atom stereocenters. The summed E-state index contributed by atoms with van der Waals surface area (Å²) in [6.07, 6.45) is 4.99. The fourth-order valence-electron chi connectivity index (χ4n) is 2.71. The van der Waals surface area contributed by atoms with Crippen molar-refractivity contribution in [2.24, 2.45) is 5.41 Å². The predicted octanol–water partition coefficient (Wildman–Crippen LogP) is 5.09. The molecule has 0 bridgehead atoms. The molecule has 120 valence electrons. The molecule has 0 saturated carbocycles. The number of halogens is 2. The molecule has 1 atom stereocenters. The third kappa shape index (κ3) is 5.74. The van der Waals surface area contributed by atoms with Crippen molar-refractivity contribution in [1.82, 2.24) is 5.32 Å². The van der Waals surface area contributed by atoms with E-state index in [-0.39, 0.29) is 5.41 Å². The standard InChI is InChI=1S/C18H29F2N/c1-5-7-10-18(6-2,13-21-14(3)4)12-15-8-9-16(19)11-17(15)20/h8-9,11,14,21H,5-7,10,12-13H2,1-4H3. The number of hydrogen-bond acceptors (Lipinski definition) is 1. The Kier molecular flexibility index (Phi) is 7.30. The minimum Gasteiger partial charge on any atom is -0.314 e. The van der Waals surface area contributed by atoms with Crippen LogP contribution in [0, 0.1) is 17.0 Å². The molecule has 21 heavy (non-hydrogen) atoms. The highest BCUT2D eigenvalue weighted by molar-refractivity contribution is 5.20. The molecule has 0 fully saturated rings. The van der Waals surface area contributed by atoms with Gasteiger partial charge in [-0.3, -0.25) is 0 Å². The monoisotopic (exact) mass is 297 g/mol. The summed E-state index contributed by atoms with van der Waals surface area (Å²) in [6, 6.07) is 4.35. The van der Waals surface area contributed by atoms with Crippen molar-refractivity contribution in [2.75, 3.05) is 6.54 Å². The smallest absolute Gasteiger partial charge is 0.129 e. The molecule has 0 aromatic heterocycles. The van der Waals surface area contributed by atoms with Gasteiger partial charge in [0.2, 0.25) is 0 Å². The Bertz CT molecular complexity index is 431. The van der Waals surface area contributed by atoms with E-state index in [4.69, 9.17) is 0 Å². The zero-order chi connectivity index (χ0) is 15.9. The van der Waals surface area contributed by atoms with E-state index in [0.29, 0.717) is 18.0 Å². The van der Waals surface area contributed by atoms with Crippen molar-refractivity contribution < 1.29 is 8.78 Å². The van der Waals surface area contributed by atoms with Crippen molar-refractivity contribution in [3.63, 3.8) is 0 Å². The van der Waals surface area contributed by atoms with Gasteiger partial charge in [0.05, 0.1) is 0 Å². The molecule has 3 heteroatoms. The largest absolute Gasteiger partial charge is 0.314 e. The van der Waals surface area contributed by atoms with Crippen LogP contribution in [0.25, 0.3) is 0 Å². The van der Waals surface area contributed by atoms with Crippen molar-refractivity contribution in [1.29, 1.82) is 0 Å². The lowest BCUT2D eigenvalue weighted by Gasteiger charge is -2.34. The van der Waals surface area contributed by atoms with Crippen LogP contribution in [-0.2, 0) is 6.42 Å². The lowest BCUT2D eigenvalue weighted by Crippen LogP contribution is -2.39. The van der Waals surface area contributed by atoms with Gasteiger partial charge >= 0.3 is 0 Å². The van der Waals surface area contributed by atoms with Gasteiger partial charge in [-0.15, -0.1) is 0 Å². The van der Waals surface area contributed by atoms with E-state index in [0.717, 1.165) is 38.3 Å². The first-order valence-electron chi connectivity index (χ1n) is 8.09.